The fourth-order valence-electron chi connectivity index (χ4n) is 1.91. The average Bonchev–Trinajstić information content (AvgIpc) is 2.54. The third kappa shape index (κ3) is 6.05. The molecule has 0 radical (unpaired) electrons. The van der Waals surface area contributed by atoms with Crippen molar-refractivity contribution in [1.82, 2.24) is 4.72 Å². The predicted octanol–water partition coefficient (Wildman–Crippen LogP) is 2.81. The lowest BCUT2D eigenvalue weighted by Gasteiger charge is -2.10. The van der Waals surface area contributed by atoms with Crippen molar-refractivity contribution in [3.8, 4) is 5.75 Å². The Labute approximate surface area is 148 Å². The lowest BCUT2D eigenvalue weighted by atomic mass is 10.2. The Morgan fingerprint density at radius 2 is 1.62 bits per heavy atom. The number of carbonyl (C=O) groups is 1. The van der Waals surface area contributed by atoms with E-state index in [9.17, 15) is 26.4 Å². The standard InChI is InChI=1S/C16H15F3N2O4S/c1-11-2-4-12(5-3-11)21-15(22)10-20-26(23,24)14-8-6-13(7-9-14)25-16(17,18)19/h2-9,20H,10H2,1H3,(H,21,22). The van der Waals surface area contributed by atoms with Gasteiger partial charge in [0.25, 0.3) is 0 Å². The molecule has 0 aliphatic rings. The molecule has 2 N–H and O–H groups in total. The van der Waals surface area contributed by atoms with Crippen LogP contribution in [-0.2, 0) is 14.8 Å². The molecule has 0 unspecified atom stereocenters. The zero-order valence-electron chi connectivity index (χ0n) is 13.5. The molecule has 0 fully saturated rings. The molecule has 2 rings (SSSR count). The normalized spacial score (nSPS) is 11.8. The van der Waals surface area contributed by atoms with Gasteiger partial charge in [-0.2, -0.15) is 0 Å². The summed E-state index contributed by atoms with van der Waals surface area (Å²) in [7, 11) is -4.06. The zero-order chi connectivity index (χ0) is 19.4. The molecule has 140 valence electrons. The van der Waals surface area contributed by atoms with Crippen LogP contribution >= 0.6 is 0 Å². The molecule has 0 heterocycles. The molecule has 0 aliphatic carbocycles. The highest BCUT2D eigenvalue weighted by Gasteiger charge is 2.31. The van der Waals surface area contributed by atoms with Crippen molar-refractivity contribution in [2.75, 3.05) is 11.9 Å². The van der Waals surface area contributed by atoms with Gasteiger partial charge in [0.05, 0.1) is 11.4 Å². The maximum Gasteiger partial charge on any atom is 0.573 e. The van der Waals surface area contributed by atoms with E-state index in [1.54, 1.807) is 24.3 Å². The highest BCUT2D eigenvalue weighted by Crippen LogP contribution is 2.23. The number of nitrogens with one attached hydrogen (secondary N) is 2. The monoisotopic (exact) mass is 388 g/mol. The molecular formula is C16H15F3N2O4S. The molecule has 2 aromatic rings. The molecule has 0 spiro atoms. The number of benzene rings is 2. The highest BCUT2D eigenvalue weighted by atomic mass is 32.2. The lowest BCUT2D eigenvalue weighted by molar-refractivity contribution is -0.274. The third-order valence-corrected chi connectivity index (χ3v) is 4.54. The Hall–Kier alpha value is -2.59. The minimum atomic E-state index is -4.87. The van der Waals surface area contributed by atoms with Crippen LogP contribution in [0, 0.1) is 6.92 Å². The second kappa shape index (κ2) is 7.75. The number of amides is 1. The number of halogens is 3. The van der Waals surface area contributed by atoms with E-state index in [2.05, 4.69) is 14.8 Å². The van der Waals surface area contributed by atoms with Crippen molar-refractivity contribution in [2.45, 2.75) is 18.2 Å². The van der Waals surface area contributed by atoms with Gasteiger partial charge in [-0.05, 0) is 43.3 Å². The van der Waals surface area contributed by atoms with Gasteiger partial charge in [-0.1, -0.05) is 17.7 Å². The van der Waals surface area contributed by atoms with Gasteiger partial charge in [-0.25, -0.2) is 13.1 Å². The van der Waals surface area contributed by atoms with Gasteiger partial charge in [0.15, 0.2) is 0 Å². The van der Waals surface area contributed by atoms with Gasteiger partial charge in [0.2, 0.25) is 15.9 Å². The molecule has 6 nitrogen and oxygen atoms in total. The first-order chi connectivity index (χ1) is 12.0. The first kappa shape index (κ1) is 19.7. The van der Waals surface area contributed by atoms with E-state index in [0.29, 0.717) is 5.69 Å². The van der Waals surface area contributed by atoms with Crippen molar-refractivity contribution >= 4 is 21.6 Å². The topological polar surface area (TPSA) is 84.5 Å². The zero-order valence-corrected chi connectivity index (χ0v) is 14.3. The Morgan fingerprint density at radius 1 is 1.04 bits per heavy atom. The summed E-state index contributed by atoms with van der Waals surface area (Å²) in [6.45, 7) is 1.35. The van der Waals surface area contributed by atoms with Crippen molar-refractivity contribution in [2.24, 2.45) is 0 Å². The Bertz CT molecular complexity index is 864. The summed E-state index contributed by atoms with van der Waals surface area (Å²) in [5.74, 6) is -1.14. The van der Waals surface area contributed by atoms with Crippen LogP contribution in [0.3, 0.4) is 0 Å². The van der Waals surface area contributed by atoms with Crippen molar-refractivity contribution in [3.63, 3.8) is 0 Å². The number of rotatable bonds is 6. The number of carbonyl (C=O) groups excluding carboxylic acids is 1. The van der Waals surface area contributed by atoms with E-state index in [0.717, 1.165) is 29.8 Å². The summed E-state index contributed by atoms with van der Waals surface area (Å²) in [6.07, 6.45) is -4.87. The van der Waals surface area contributed by atoms with Crippen molar-refractivity contribution < 1.29 is 31.1 Å². The van der Waals surface area contributed by atoms with Gasteiger partial charge in [0, 0.05) is 5.69 Å². The van der Waals surface area contributed by atoms with Gasteiger partial charge < -0.3 is 10.1 Å². The van der Waals surface area contributed by atoms with Crippen molar-refractivity contribution in [3.05, 3.63) is 54.1 Å². The number of ether oxygens (including phenoxy) is 1. The minimum absolute atomic E-state index is 0.296. The molecule has 0 aliphatic heterocycles. The first-order valence-corrected chi connectivity index (χ1v) is 8.75. The van der Waals surface area contributed by atoms with E-state index in [1.165, 1.54) is 0 Å². The Kier molecular flexibility index (Phi) is 5.88. The second-order valence-electron chi connectivity index (χ2n) is 5.26. The summed E-state index contributed by atoms with van der Waals surface area (Å²) >= 11 is 0. The van der Waals surface area contributed by atoms with E-state index >= 15 is 0 Å². The summed E-state index contributed by atoms with van der Waals surface area (Å²) in [6, 6.07) is 10.5. The molecule has 0 bridgehead atoms. The average molecular weight is 388 g/mol. The quantitative estimate of drug-likeness (QED) is 0.797. The predicted molar refractivity (Wildman–Crippen MR) is 88.1 cm³/mol. The largest absolute Gasteiger partial charge is 0.573 e. The first-order valence-electron chi connectivity index (χ1n) is 7.27. The summed E-state index contributed by atoms with van der Waals surface area (Å²) in [4.78, 5) is 11.5. The SMILES string of the molecule is Cc1ccc(NC(=O)CNS(=O)(=O)c2ccc(OC(F)(F)F)cc2)cc1. The number of aryl methyl sites for hydroxylation is 1. The number of alkyl halides is 3. The summed E-state index contributed by atoms with van der Waals surface area (Å²) in [5, 5.41) is 2.52. The summed E-state index contributed by atoms with van der Waals surface area (Å²) < 4.78 is 66.2. The summed E-state index contributed by atoms with van der Waals surface area (Å²) in [5.41, 5.74) is 1.51. The molecule has 1 amide bonds. The van der Waals surface area contributed by atoms with Gasteiger partial charge in [0.1, 0.15) is 5.75 Å². The lowest BCUT2D eigenvalue weighted by Crippen LogP contribution is -2.32. The van der Waals surface area contributed by atoms with Crippen LogP contribution < -0.4 is 14.8 Å². The van der Waals surface area contributed by atoms with E-state index in [4.69, 9.17) is 0 Å². The third-order valence-electron chi connectivity index (χ3n) is 3.13. The molecule has 0 saturated carbocycles. The van der Waals surface area contributed by atoms with Gasteiger partial charge in [-0.15, -0.1) is 13.2 Å². The fraction of sp³-hybridized carbons (Fsp3) is 0.188. The van der Waals surface area contributed by atoms with Crippen molar-refractivity contribution in [1.29, 1.82) is 0 Å². The van der Waals surface area contributed by atoms with Gasteiger partial charge >= 0.3 is 6.36 Å². The smallest absolute Gasteiger partial charge is 0.406 e. The van der Waals surface area contributed by atoms with Crippen LogP contribution in [0.25, 0.3) is 0 Å². The highest BCUT2D eigenvalue weighted by molar-refractivity contribution is 7.89. The van der Waals surface area contributed by atoms with Crippen LogP contribution in [-0.4, -0.2) is 27.2 Å². The molecule has 0 saturated heterocycles. The fourth-order valence-corrected chi connectivity index (χ4v) is 2.89. The Morgan fingerprint density at radius 3 is 2.15 bits per heavy atom. The number of anilines is 1. The van der Waals surface area contributed by atoms with E-state index in [-0.39, 0.29) is 4.90 Å². The van der Waals surface area contributed by atoms with E-state index in [1.807, 2.05) is 6.92 Å². The Balaban J connectivity index is 1.95. The molecule has 0 aromatic heterocycles. The molecule has 10 heteroatoms. The molecule has 26 heavy (non-hydrogen) atoms. The molecule has 0 atom stereocenters. The number of hydrogen-bond acceptors (Lipinski definition) is 4. The van der Waals surface area contributed by atoms with Crippen LogP contribution in [0.1, 0.15) is 5.56 Å². The minimum Gasteiger partial charge on any atom is -0.406 e. The van der Waals surface area contributed by atoms with Crippen LogP contribution in [0.2, 0.25) is 0 Å². The molecular weight excluding hydrogens is 373 g/mol. The second-order valence-corrected chi connectivity index (χ2v) is 7.02. The van der Waals surface area contributed by atoms with Crippen LogP contribution in [0.15, 0.2) is 53.4 Å². The van der Waals surface area contributed by atoms with Gasteiger partial charge in [-0.3, -0.25) is 4.79 Å². The number of hydrogen-bond donors (Lipinski definition) is 2. The number of sulfonamides is 1. The maximum absolute atomic E-state index is 12.1. The molecule has 2 aromatic carbocycles. The van der Waals surface area contributed by atoms with Crippen LogP contribution in [0.4, 0.5) is 18.9 Å². The van der Waals surface area contributed by atoms with E-state index < -0.39 is 34.6 Å². The maximum atomic E-state index is 12.1. The van der Waals surface area contributed by atoms with Crippen LogP contribution in [0.5, 0.6) is 5.75 Å².